The number of aliphatic hydroxyl groups is 1. The number of carbonyl (C=O) groups excluding carboxylic acids is 2. The zero-order valence-corrected chi connectivity index (χ0v) is 39.1. The molecule has 0 saturated carbocycles. The van der Waals surface area contributed by atoms with Crippen molar-refractivity contribution in [1.82, 2.24) is 0 Å². The highest BCUT2D eigenvalue weighted by atomic mass is 16.7. The third-order valence-electron chi connectivity index (χ3n) is 18.5. The van der Waals surface area contributed by atoms with Crippen molar-refractivity contribution in [2.75, 3.05) is 0 Å². The van der Waals surface area contributed by atoms with Crippen LogP contribution in [0.15, 0.2) is 23.8 Å². The molecule has 1 N–H and O–H groups in total. The van der Waals surface area contributed by atoms with E-state index in [0.29, 0.717) is 63.4 Å². The Bertz CT molecular complexity index is 1980. The Morgan fingerprint density at radius 1 is 0.662 bits per heavy atom. The summed E-state index contributed by atoms with van der Waals surface area (Å²) < 4.78 is 82.4. The standard InChI is InChI=1S/C50H70O15/c1-23(22-51)11-26-14-35(52)50(8)39(54-26)16-29-30(62-50)15-31-44(59-29)45-34(60-45)20-48(6)40(57-31)21-49(7)38(63-48)18-37-46(4,65-49)10-9-27-42(61-37)24(2)12-28-33(55-27)19-47(5)36(56-28)17-32-43(64-47)25(3)13-41(53)58-32/h13,22,24,26-40,42-45,52H,1,9-12,14-21H2,2-8H3/t24-,26-,27+,28+,29+,30-,31+,32+,33-,34?,35+,36-,37+,38-,39-,40-,42-,43-,44+,45?,46-,47+,48+,49+,50+/m1/s1. The van der Waals surface area contributed by atoms with Crippen LogP contribution < -0.4 is 0 Å². The normalized spacial score (nSPS) is 58.8. The van der Waals surface area contributed by atoms with Crippen molar-refractivity contribution >= 4 is 12.3 Å². The molecule has 11 saturated heterocycles. The molecule has 15 nitrogen and oxygen atoms in total. The predicted octanol–water partition coefficient (Wildman–Crippen LogP) is 4.68. The number of epoxide rings is 1. The van der Waals surface area contributed by atoms with Gasteiger partial charge >= 0.3 is 5.97 Å². The molecule has 2 unspecified atom stereocenters. The third kappa shape index (κ3) is 7.24. The first-order valence-corrected chi connectivity index (χ1v) is 24.9. The second-order valence-corrected chi connectivity index (χ2v) is 23.4. The van der Waals surface area contributed by atoms with Gasteiger partial charge in [0.1, 0.15) is 36.3 Å². The van der Waals surface area contributed by atoms with Crippen molar-refractivity contribution in [2.24, 2.45) is 5.92 Å². The minimum absolute atomic E-state index is 0.0310. The van der Waals surface area contributed by atoms with Gasteiger partial charge in [0.05, 0.1) is 114 Å². The van der Waals surface area contributed by atoms with Crippen molar-refractivity contribution in [3.8, 4) is 0 Å². The minimum Gasteiger partial charge on any atom is -0.456 e. The largest absolute Gasteiger partial charge is 0.456 e. The molecule has 25 atom stereocenters. The van der Waals surface area contributed by atoms with Crippen molar-refractivity contribution < 1.29 is 71.5 Å². The van der Waals surface area contributed by atoms with Crippen LogP contribution in [0.5, 0.6) is 0 Å². The molecule has 12 rings (SSSR count). The lowest BCUT2D eigenvalue weighted by Gasteiger charge is -2.61. The molecule has 15 heteroatoms. The van der Waals surface area contributed by atoms with Crippen molar-refractivity contribution in [2.45, 2.75) is 269 Å². The van der Waals surface area contributed by atoms with E-state index in [-0.39, 0.29) is 116 Å². The van der Waals surface area contributed by atoms with E-state index in [9.17, 15) is 14.7 Å². The molecule has 0 aromatic rings. The van der Waals surface area contributed by atoms with Gasteiger partial charge in [0.2, 0.25) is 0 Å². The molecule has 12 aliphatic heterocycles. The van der Waals surface area contributed by atoms with Crippen LogP contribution in [0.2, 0.25) is 0 Å². The monoisotopic (exact) mass is 910 g/mol. The lowest BCUT2D eigenvalue weighted by atomic mass is 9.72. The maximum Gasteiger partial charge on any atom is 0.331 e. The Kier molecular flexibility index (Phi) is 10.5. The fourth-order valence-corrected chi connectivity index (χ4v) is 14.7. The Labute approximate surface area is 382 Å². The molecule has 11 fully saturated rings. The number of rotatable bonds is 3. The summed E-state index contributed by atoms with van der Waals surface area (Å²) in [6.45, 7) is 18.7. The summed E-state index contributed by atoms with van der Waals surface area (Å²) >= 11 is 0. The maximum absolute atomic E-state index is 12.3. The summed E-state index contributed by atoms with van der Waals surface area (Å²) in [6, 6.07) is 0. The first kappa shape index (κ1) is 44.4. The summed E-state index contributed by atoms with van der Waals surface area (Å²) in [4.78, 5) is 23.6. The van der Waals surface area contributed by atoms with Crippen LogP contribution in [0.3, 0.4) is 0 Å². The summed E-state index contributed by atoms with van der Waals surface area (Å²) in [5.41, 5.74) is -2.03. The van der Waals surface area contributed by atoms with Gasteiger partial charge in [0.15, 0.2) is 0 Å². The van der Waals surface area contributed by atoms with Gasteiger partial charge in [-0.15, -0.1) is 0 Å². The molecule has 0 aromatic heterocycles. The Hall–Kier alpha value is -1.86. The molecule has 12 heterocycles. The van der Waals surface area contributed by atoms with E-state index in [0.717, 1.165) is 31.1 Å². The van der Waals surface area contributed by atoms with Crippen LogP contribution in [0.4, 0.5) is 0 Å². The molecule has 0 aromatic carbocycles. The first-order valence-electron chi connectivity index (χ1n) is 24.9. The maximum atomic E-state index is 12.3. The fraction of sp³-hybridized carbons (Fsp3) is 0.880. The minimum atomic E-state index is -0.923. The Balaban J connectivity index is 0.741. The van der Waals surface area contributed by atoms with Gasteiger partial charge in [0.25, 0.3) is 0 Å². The van der Waals surface area contributed by atoms with Crippen molar-refractivity contribution in [1.29, 1.82) is 0 Å². The summed E-state index contributed by atoms with van der Waals surface area (Å²) in [5.74, 6) is -0.153. The fourth-order valence-electron chi connectivity index (χ4n) is 14.7. The number of ether oxygens (including phenoxy) is 12. The number of aldehydes is 1. The number of esters is 1. The van der Waals surface area contributed by atoms with Crippen molar-refractivity contribution in [3.63, 3.8) is 0 Å². The number of fused-ring (bicyclic) bond motifs is 12. The van der Waals surface area contributed by atoms with Crippen LogP contribution in [-0.4, -0.2) is 161 Å². The summed E-state index contributed by atoms with van der Waals surface area (Å²) in [6.07, 6.45) is 4.90. The van der Waals surface area contributed by atoms with Gasteiger partial charge in [-0.3, -0.25) is 4.79 Å². The summed E-state index contributed by atoms with van der Waals surface area (Å²) in [7, 11) is 0. The van der Waals surface area contributed by atoms with Gasteiger partial charge in [0, 0.05) is 63.9 Å². The highest BCUT2D eigenvalue weighted by Crippen LogP contribution is 2.57. The molecule has 0 amide bonds. The van der Waals surface area contributed by atoms with E-state index in [4.69, 9.17) is 56.8 Å². The zero-order valence-electron chi connectivity index (χ0n) is 39.1. The zero-order chi connectivity index (χ0) is 45.2. The molecule has 0 bridgehead atoms. The Morgan fingerprint density at radius 2 is 1.37 bits per heavy atom. The number of carbonyl (C=O) groups is 2. The molecular weight excluding hydrogens is 841 g/mol. The molecular formula is C50H70O15. The quantitative estimate of drug-likeness (QED) is 0.179. The van der Waals surface area contributed by atoms with Gasteiger partial charge in [-0.25, -0.2) is 4.79 Å². The van der Waals surface area contributed by atoms with Gasteiger partial charge in [-0.2, -0.15) is 0 Å². The van der Waals surface area contributed by atoms with Gasteiger partial charge < -0.3 is 61.9 Å². The van der Waals surface area contributed by atoms with E-state index in [1.807, 2.05) is 13.8 Å². The van der Waals surface area contributed by atoms with Crippen LogP contribution in [-0.2, 0) is 66.4 Å². The first-order chi connectivity index (χ1) is 30.8. The average molecular weight is 911 g/mol. The van der Waals surface area contributed by atoms with E-state index in [2.05, 4.69) is 41.2 Å². The average Bonchev–Trinajstić information content (AvgIpc) is 4.02. The van der Waals surface area contributed by atoms with Crippen LogP contribution in [0.1, 0.15) is 126 Å². The molecule has 0 radical (unpaired) electrons. The molecule has 0 spiro atoms. The number of hydrogen-bond donors (Lipinski definition) is 1. The van der Waals surface area contributed by atoms with E-state index >= 15 is 0 Å². The van der Waals surface area contributed by atoms with E-state index < -0.39 is 40.2 Å². The molecule has 360 valence electrons. The van der Waals surface area contributed by atoms with Crippen LogP contribution in [0.25, 0.3) is 0 Å². The lowest BCUT2D eigenvalue weighted by Crippen LogP contribution is -2.71. The van der Waals surface area contributed by atoms with Crippen LogP contribution in [0, 0.1) is 5.92 Å². The smallest absolute Gasteiger partial charge is 0.331 e. The molecule has 0 aliphatic carbocycles. The van der Waals surface area contributed by atoms with Gasteiger partial charge in [-0.1, -0.05) is 13.5 Å². The van der Waals surface area contributed by atoms with E-state index in [1.54, 1.807) is 6.08 Å². The molecule has 12 aliphatic rings. The number of hydrogen-bond acceptors (Lipinski definition) is 15. The molecule has 65 heavy (non-hydrogen) atoms. The topological polar surface area (TPSA) is 168 Å². The highest BCUT2D eigenvalue weighted by Gasteiger charge is 2.68. The SMILES string of the molecule is C=C(C=O)C[C@@H]1C[C@H](O)[C@]2(C)O[C@@H]3C[C@@H]4O[C@@H]5C[C@]6(C)O[C@]7(C)CC[C@@H]8O[C@@H]9C[C@]%10(C)O[C@@H]%11C(C)=CC(=O)O[C@H]%11C[C@H]%10O[C@H]9C[C@@H](C)[C@H]8O[C@H]7C[C@H]6O[C@@]5(C)CC5OC5[C@H]4O[C@H]3C[C@H]2O1. The second kappa shape index (κ2) is 15.3. The summed E-state index contributed by atoms with van der Waals surface area (Å²) in [5, 5.41) is 11.5. The lowest BCUT2D eigenvalue weighted by molar-refractivity contribution is -0.360. The highest BCUT2D eigenvalue weighted by molar-refractivity contribution is 5.84. The second-order valence-electron chi connectivity index (χ2n) is 23.4. The van der Waals surface area contributed by atoms with E-state index in [1.165, 1.54) is 0 Å². The predicted molar refractivity (Wildman–Crippen MR) is 228 cm³/mol. The van der Waals surface area contributed by atoms with Crippen LogP contribution >= 0.6 is 0 Å². The Morgan fingerprint density at radius 3 is 2.18 bits per heavy atom. The third-order valence-corrected chi connectivity index (χ3v) is 18.5. The number of aliphatic hydroxyl groups excluding tert-OH is 1. The van der Waals surface area contributed by atoms with Gasteiger partial charge in [-0.05, 0) is 77.9 Å². The van der Waals surface area contributed by atoms with Crippen molar-refractivity contribution in [3.05, 3.63) is 23.8 Å².